The van der Waals surface area contributed by atoms with E-state index in [1.807, 2.05) is 0 Å². The molecule has 0 spiro atoms. The van der Waals surface area contributed by atoms with Gasteiger partial charge >= 0.3 is 5.69 Å². The molecule has 0 radical (unpaired) electrons. The third-order valence-electron chi connectivity index (χ3n) is 3.62. The summed E-state index contributed by atoms with van der Waals surface area (Å²) in [6.45, 7) is 0.450. The standard InChI is InChI=1S/C14H17N5O3/c20-10-5-4-7-15-13(10)16-12(21)9-19-14(22)18-8-3-1-2-6-11(18)17-19/h4-5,7,20H,1-3,6,8-9H2,(H,15,16,21). The second-order valence-electron chi connectivity index (χ2n) is 5.24. The molecule has 0 aliphatic carbocycles. The Morgan fingerprint density at radius 3 is 3.05 bits per heavy atom. The molecule has 0 fully saturated rings. The van der Waals surface area contributed by atoms with Crippen LogP contribution in [-0.2, 0) is 24.3 Å². The summed E-state index contributed by atoms with van der Waals surface area (Å²) in [7, 11) is 0. The van der Waals surface area contributed by atoms with E-state index in [9.17, 15) is 14.7 Å². The Morgan fingerprint density at radius 2 is 2.23 bits per heavy atom. The van der Waals surface area contributed by atoms with Crippen LogP contribution in [0.3, 0.4) is 0 Å². The molecule has 2 aromatic rings. The lowest BCUT2D eigenvalue weighted by Gasteiger charge is -2.05. The van der Waals surface area contributed by atoms with E-state index in [0.717, 1.165) is 36.2 Å². The molecule has 116 valence electrons. The van der Waals surface area contributed by atoms with Crippen molar-refractivity contribution in [2.24, 2.45) is 0 Å². The number of hydrogen-bond acceptors (Lipinski definition) is 5. The molecule has 2 aromatic heterocycles. The second kappa shape index (κ2) is 6.00. The first-order valence-corrected chi connectivity index (χ1v) is 7.25. The maximum atomic E-state index is 12.2. The van der Waals surface area contributed by atoms with E-state index in [1.54, 1.807) is 10.6 Å². The van der Waals surface area contributed by atoms with Gasteiger partial charge in [0.15, 0.2) is 11.6 Å². The van der Waals surface area contributed by atoms with E-state index in [2.05, 4.69) is 15.4 Å². The van der Waals surface area contributed by atoms with Crippen LogP contribution >= 0.6 is 0 Å². The van der Waals surface area contributed by atoms with E-state index < -0.39 is 5.91 Å². The van der Waals surface area contributed by atoms with Crippen LogP contribution in [-0.4, -0.2) is 30.3 Å². The Hall–Kier alpha value is -2.64. The Balaban J connectivity index is 1.75. The van der Waals surface area contributed by atoms with E-state index in [1.165, 1.54) is 12.3 Å². The van der Waals surface area contributed by atoms with Crippen LogP contribution in [0.2, 0.25) is 0 Å². The van der Waals surface area contributed by atoms with Gasteiger partial charge in [-0.1, -0.05) is 6.42 Å². The maximum Gasteiger partial charge on any atom is 0.346 e. The van der Waals surface area contributed by atoms with E-state index >= 15 is 0 Å². The van der Waals surface area contributed by atoms with Gasteiger partial charge in [0, 0.05) is 19.2 Å². The molecule has 8 heteroatoms. The fourth-order valence-electron chi connectivity index (χ4n) is 2.53. The van der Waals surface area contributed by atoms with Gasteiger partial charge in [0.1, 0.15) is 12.4 Å². The second-order valence-corrected chi connectivity index (χ2v) is 5.24. The fourth-order valence-corrected chi connectivity index (χ4v) is 2.53. The summed E-state index contributed by atoms with van der Waals surface area (Å²) < 4.78 is 2.80. The van der Waals surface area contributed by atoms with Crippen molar-refractivity contribution in [3.05, 3.63) is 34.6 Å². The van der Waals surface area contributed by atoms with E-state index in [0.29, 0.717) is 6.54 Å². The number of amides is 1. The number of aryl methyl sites for hydroxylation is 1. The minimum absolute atomic E-state index is 0.0707. The van der Waals surface area contributed by atoms with Crippen molar-refractivity contribution in [1.29, 1.82) is 0 Å². The molecular weight excluding hydrogens is 286 g/mol. The number of anilines is 1. The molecule has 8 nitrogen and oxygen atoms in total. The molecule has 1 aliphatic rings. The number of aromatic hydroxyl groups is 1. The first-order chi connectivity index (χ1) is 10.6. The first kappa shape index (κ1) is 14.3. The van der Waals surface area contributed by atoms with Crippen LogP contribution in [0.4, 0.5) is 5.82 Å². The first-order valence-electron chi connectivity index (χ1n) is 7.25. The molecule has 0 bridgehead atoms. The van der Waals surface area contributed by atoms with Crippen molar-refractivity contribution >= 4 is 11.7 Å². The van der Waals surface area contributed by atoms with Gasteiger partial charge in [0.05, 0.1) is 0 Å². The highest BCUT2D eigenvalue weighted by Crippen LogP contribution is 2.18. The number of pyridine rings is 1. The molecule has 0 atom stereocenters. The molecule has 0 unspecified atom stereocenters. The maximum absolute atomic E-state index is 12.2. The summed E-state index contributed by atoms with van der Waals surface area (Å²) in [6, 6.07) is 2.98. The molecule has 3 heterocycles. The summed E-state index contributed by atoms with van der Waals surface area (Å²) >= 11 is 0. The van der Waals surface area contributed by atoms with Gasteiger partial charge in [-0.05, 0) is 25.0 Å². The highest BCUT2D eigenvalue weighted by molar-refractivity contribution is 5.90. The summed E-state index contributed by atoms with van der Waals surface area (Å²) in [4.78, 5) is 28.1. The highest BCUT2D eigenvalue weighted by atomic mass is 16.3. The minimum Gasteiger partial charge on any atom is -0.504 e. The summed E-state index contributed by atoms with van der Waals surface area (Å²) in [5.74, 6) is 0.227. The molecule has 1 amide bonds. The molecular formula is C14H17N5O3. The largest absolute Gasteiger partial charge is 0.504 e. The van der Waals surface area contributed by atoms with E-state index in [-0.39, 0.29) is 23.8 Å². The normalized spacial score (nSPS) is 14.2. The summed E-state index contributed by atoms with van der Waals surface area (Å²) in [5, 5.41) is 16.3. The van der Waals surface area contributed by atoms with Gasteiger partial charge < -0.3 is 10.4 Å². The summed E-state index contributed by atoms with van der Waals surface area (Å²) in [5.41, 5.74) is -0.266. The Bertz CT molecular complexity index is 749. The van der Waals surface area contributed by atoms with Crippen LogP contribution in [0.1, 0.15) is 25.1 Å². The van der Waals surface area contributed by atoms with Gasteiger partial charge in [-0.3, -0.25) is 9.36 Å². The molecule has 0 saturated carbocycles. The Labute approximate surface area is 126 Å². The average molecular weight is 303 g/mol. The highest BCUT2D eigenvalue weighted by Gasteiger charge is 2.17. The monoisotopic (exact) mass is 303 g/mol. The number of carbonyl (C=O) groups excluding carboxylic acids is 1. The molecule has 0 saturated heterocycles. The zero-order chi connectivity index (χ0) is 15.5. The number of fused-ring (bicyclic) bond motifs is 1. The average Bonchev–Trinajstić information content (AvgIpc) is 2.67. The third kappa shape index (κ3) is 2.85. The summed E-state index contributed by atoms with van der Waals surface area (Å²) in [6.07, 6.45) is 5.25. The quantitative estimate of drug-likeness (QED) is 0.860. The predicted molar refractivity (Wildman–Crippen MR) is 78.6 cm³/mol. The number of carbonyl (C=O) groups is 1. The predicted octanol–water partition coefficient (Wildman–Crippen LogP) is 0.510. The van der Waals surface area contributed by atoms with Crippen molar-refractivity contribution in [2.45, 2.75) is 38.8 Å². The molecule has 3 rings (SSSR count). The number of aromatic nitrogens is 4. The van der Waals surface area contributed by atoms with Crippen molar-refractivity contribution in [3.8, 4) is 5.75 Å². The van der Waals surface area contributed by atoms with Crippen LogP contribution < -0.4 is 11.0 Å². The van der Waals surface area contributed by atoms with Crippen molar-refractivity contribution in [2.75, 3.05) is 5.32 Å². The van der Waals surface area contributed by atoms with Crippen LogP contribution in [0.5, 0.6) is 5.75 Å². The van der Waals surface area contributed by atoms with Gasteiger partial charge in [0.25, 0.3) is 0 Å². The smallest absolute Gasteiger partial charge is 0.346 e. The lowest BCUT2D eigenvalue weighted by molar-refractivity contribution is -0.117. The van der Waals surface area contributed by atoms with Crippen molar-refractivity contribution in [1.82, 2.24) is 19.3 Å². The lowest BCUT2D eigenvalue weighted by Crippen LogP contribution is -2.30. The van der Waals surface area contributed by atoms with Crippen molar-refractivity contribution in [3.63, 3.8) is 0 Å². The molecule has 0 aromatic carbocycles. The molecule has 2 N–H and O–H groups in total. The number of rotatable bonds is 3. The minimum atomic E-state index is -0.454. The van der Waals surface area contributed by atoms with Crippen molar-refractivity contribution < 1.29 is 9.90 Å². The van der Waals surface area contributed by atoms with Gasteiger partial charge in [0.2, 0.25) is 5.91 Å². The molecule has 22 heavy (non-hydrogen) atoms. The van der Waals surface area contributed by atoms with Gasteiger partial charge in [-0.2, -0.15) is 5.10 Å². The zero-order valence-corrected chi connectivity index (χ0v) is 12.0. The van der Waals surface area contributed by atoms with Gasteiger partial charge in [-0.25, -0.2) is 14.5 Å². The van der Waals surface area contributed by atoms with Crippen LogP contribution in [0.15, 0.2) is 23.1 Å². The third-order valence-corrected chi connectivity index (χ3v) is 3.62. The Morgan fingerprint density at radius 1 is 1.36 bits per heavy atom. The van der Waals surface area contributed by atoms with Crippen LogP contribution in [0, 0.1) is 0 Å². The van der Waals surface area contributed by atoms with Gasteiger partial charge in [-0.15, -0.1) is 0 Å². The number of nitrogens with zero attached hydrogens (tertiary/aromatic N) is 4. The zero-order valence-electron chi connectivity index (χ0n) is 12.0. The van der Waals surface area contributed by atoms with Crippen LogP contribution in [0.25, 0.3) is 0 Å². The SMILES string of the molecule is O=C(Cn1nc2n(c1=O)CCCCC2)Nc1ncccc1O. The topological polar surface area (TPSA) is 102 Å². The lowest BCUT2D eigenvalue weighted by atomic mass is 10.2. The number of hydrogen-bond donors (Lipinski definition) is 2. The Kier molecular flexibility index (Phi) is 3.90. The fraction of sp³-hybridized carbons (Fsp3) is 0.429. The van der Waals surface area contributed by atoms with E-state index in [4.69, 9.17) is 0 Å². The number of nitrogens with one attached hydrogen (secondary N) is 1. The molecule has 1 aliphatic heterocycles.